The van der Waals surface area contributed by atoms with Gasteiger partial charge in [0.25, 0.3) is 0 Å². The molecule has 9 heteroatoms. The molecule has 1 aromatic rings. The molecule has 0 saturated carbocycles. The first-order chi connectivity index (χ1) is 9.57. The van der Waals surface area contributed by atoms with Crippen LogP contribution >= 0.6 is 0 Å². The number of pyridine rings is 1. The molecule has 0 unspecified atom stereocenters. The van der Waals surface area contributed by atoms with Crippen LogP contribution < -0.4 is 11.3 Å². The van der Waals surface area contributed by atoms with E-state index in [2.05, 4.69) is 10.4 Å². The Balaban J connectivity index is 2.88. The molecular formula is C11H20N4O4S. The van der Waals surface area contributed by atoms with Crippen LogP contribution in [-0.2, 0) is 14.8 Å². The van der Waals surface area contributed by atoms with Gasteiger partial charge in [-0.25, -0.2) is 19.2 Å². The number of hydrogen-bond acceptors (Lipinski definition) is 7. The Morgan fingerprint density at radius 3 is 2.85 bits per heavy atom. The van der Waals surface area contributed by atoms with E-state index >= 15 is 0 Å². The van der Waals surface area contributed by atoms with Gasteiger partial charge in [-0.3, -0.25) is 0 Å². The van der Waals surface area contributed by atoms with E-state index in [1.54, 1.807) is 6.92 Å². The minimum atomic E-state index is -3.70. The lowest BCUT2D eigenvalue weighted by Gasteiger charge is -2.21. The molecule has 20 heavy (non-hydrogen) atoms. The van der Waals surface area contributed by atoms with Crippen LogP contribution in [0, 0.1) is 0 Å². The summed E-state index contributed by atoms with van der Waals surface area (Å²) in [4.78, 5) is 3.90. The van der Waals surface area contributed by atoms with E-state index in [0.717, 1.165) is 0 Å². The van der Waals surface area contributed by atoms with Crippen molar-refractivity contribution in [1.29, 1.82) is 0 Å². The molecule has 0 saturated heterocycles. The molecule has 0 amide bonds. The molecule has 0 radical (unpaired) electrons. The first-order valence-electron chi connectivity index (χ1n) is 6.18. The third-order valence-corrected chi connectivity index (χ3v) is 4.60. The molecule has 114 valence electrons. The Hall–Kier alpha value is -1.26. The molecule has 1 aromatic heterocycles. The summed E-state index contributed by atoms with van der Waals surface area (Å²) in [7, 11) is -3.70. The van der Waals surface area contributed by atoms with Crippen LogP contribution in [0.15, 0.2) is 23.2 Å². The maximum Gasteiger partial charge on any atom is 0.246 e. The van der Waals surface area contributed by atoms with E-state index in [0.29, 0.717) is 6.54 Å². The molecule has 1 heterocycles. The first kappa shape index (κ1) is 16.8. The second-order valence-corrected chi connectivity index (χ2v) is 5.73. The Bertz CT molecular complexity index is 509. The fourth-order valence-corrected chi connectivity index (χ4v) is 3.17. The van der Waals surface area contributed by atoms with E-state index in [1.165, 1.54) is 22.6 Å². The normalized spacial score (nSPS) is 11.8. The molecule has 0 aliphatic carbocycles. The highest BCUT2D eigenvalue weighted by atomic mass is 32.2. The quantitative estimate of drug-likeness (QED) is 0.316. The molecule has 0 aromatic carbocycles. The highest BCUT2D eigenvalue weighted by Crippen LogP contribution is 2.21. The molecule has 0 aliphatic rings. The van der Waals surface area contributed by atoms with Crippen LogP contribution in [0.3, 0.4) is 0 Å². The fourth-order valence-electron chi connectivity index (χ4n) is 1.63. The molecule has 0 spiro atoms. The second-order valence-electron chi connectivity index (χ2n) is 3.83. The van der Waals surface area contributed by atoms with Crippen molar-refractivity contribution in [1.82, 2.24) is 9.29 Å². The van der Waals surface area contributed by atoms with Gasteiger partial charge < -0.3 is 15.3 Å². The van der Waals surface area contributed by atoms with E-state index in [4.69, 9.17) is 15.7 Å². The molecule has 0 atom stereocenters. The average molecular weight is 304 g/mol. The number of nitrogens with two attached hydrogens (primary N) is 1. The van der Waals surface area contributed by atoms with Crippen molar-refractivity contribution >= 4 is 15.8 Å². The van der Waals surface area contributed by atoms with Gasteiger partial charge in [0, 0.05) is 19.3 Å². The molecule has 0 bridgehead atoms. The van der Waals surface area contributed by atoms with Crippen LogP contribution in [0.5, 0.6) is 0 Å². The lowest BCUT2D eigenvalue weighted by molar-refractivity contribution is 0.0860. The summed E-state index contributed by atoms with van der Waals surface area (Å²) in [5, 5.41) is 8.61. The van der Waals surface area contributed by atoms with Crippen LogP contribution in [0.2, 0.25) is 0 Å². The maximum atomic E-state index is 12.5. The number of rotatable bonds is 9. The van der Waals surface area contributed by atoms with Gasteiger partial charge in [0.1, 0.15) is 4.90 Å². The topological polar surface area (TPSA) is 118 Å². The smallest absolute Gasteiger partial charge is 0.246 e. The van der Waals surface area contributed by atoms with Crippen LogP contribution in [0.4, 0.5) is 5.82 Å². The van der Waals surface area contributed by atoms with Crippen LogP contribution in [-0.4, -0.2) is 55.7 Å². The van der Waals surface area contributed by atoms with Gasteiger partial charge in [-0.15, -0.1) is 0 Å². The number of nitrogen functional groups attached to an aromatic ring is 1. The van der Waals surface area contributed by atoms with Crippen molar-refractivity contribution in [2.24, 2.45) is 5.84 Å². The molecular weight excluding hydrogens is 284 g/mol. The maximum absolute atomic E-state index is 12.5. The van der Waals surface area contributed by atoms with Crippen LogP contribution in [0.25, 0.3) is 0 Å². The summed E-state index contributed by atoms with van der Waals surface area (Å²) in [6.07, 6.45) is 1.45. The summed E-state index contributed by atoms with van der Waals surface area (Å²) >= 11 is 0. The zero-order valence-electron chi connectivity index (χ0n) is 11.3. The Kier molecular flexibility index (Phi) is 6.82. The van der Waals surface area contributed by atoms with E-state index in [-0.39, 0.29) is 37.1 Å². The standard InChI is InChI=1S/C11H20N4O4S/c1-2-15(6-8-19-9-7-16)20(17,18)10-4-3-5-13-11(10)14-12/h3-5,16H,2,6-9,12H2,1H3,(H,13,14). The van der Waals surface area contributed by atoms with Crippen molar-refractivity contribution in [3.8, 4) is 0 Å². The summed E-state index contributed by atoms with van der Waals surface area (Å²) in [5.74, 6) is 5.38. The number of aromatic nitrogens is 1. The minimum Gasteiger partial charge on any atom is -0.394 e. The van der Waals surface area contributed by atoms with Gasteiger partial charge in [0.05, 0.1) is 19.8 Å². The average Bonchev–Trinajstić information content (AvgIpc) is 2.47. The number of hydrazine groups is 1. The highest BCUT2D eigenvalue weighted by molar-refractivity contribution is 7.89. The summed E-state index contributed by atoms with van der Waals surface area (Å²) in [6.45, 7) is 2.51. The Morgan fingerprint density at radius 1 is 1.50 bits per heavy atom. The SMILES string of the molecule is CCN(CCOCCO)S(=O)(=O)c1cccnc1NN. The molecule has 1 rings (SSSR count). The van der Waals surface area contributed by atoms with Gasteiger partial charge in [-0.05, 0) is 12.1 Å². The third kappa shape index (κ3) is 4.12. The van der Waals surface area contributed by atoms with Crippen molar-refractivity contribution in [2.45, 2.75) is 11.8 Å². The number of nitrogens with zero attached hydrogens (tertiary/aromatic N) is 2. The summed E-state index contributed by atoms with van der Waals surface area (Å²) in [6, 6.07) is 2.97. The lowest BCUT2D eigenvalue weighted by Crippen LogP contribution is -2.34. The number of ether oxygens (including phenoxy) is 1. The number of aliphatic hydroxyl groups excluding tert-OH is 1. The van der Waals surface area contributed by atoms with E-state index in [9.17, 15) is 8.42 Å². The zero-order chi connectivity index (χ0) is 15.0. The van der Waals surface area contributed by atoms with Gasteiger partial charge in [0.2, 0.25) is 10.0 Å². The first-order valence-corrected chi connectivity index (χ1v) is 7.62. The van der Waals surface area contributed by atoms with Crippen LogP contribution in [0.1, 0.15) is 6.92 Å². The number of anilines is 1. The number of likely N-dealkylation sites (N-methyl/N-ethyl adjacent to an activating group) is 1. The highest BCUT2D eigenvalue weighted by Gasteiger charge is 2.26. The van der Waals surface area contributed by atoms with E-state index in [1.807, 2.05) is 0 Å². The lowest BCUT2D eigenvalue weighted by atomic mass is 10.5. The van der Waals surface area contributed by atoms with E-state index < -0.39 is 10.0 Å². The molecule has 4 N–H and O–H groups in total. The van der Waals surface area contributed by atoms with Crippen molar-refractivity contribution < 1.29 is 18.3 Å². The molecule has 0 fully saturated rings. The summed E-state index contributed by atoms with van der Waals surface area (Å²) in [5.41, 5.74) is 2.28. The van der Waals surface area contributed by atoms with Gasteiger partial charge in [-0.2, -0.15) is 4.31 Å². The Morgan fingerprint density at radius 2 is 2.25 bits per heavy atom. The zero-order valence-corrected chi connectivity index (χ0v) is 12.1. The molecule has 0 aliphatic heterocycles. The second kappa shape index (κ2) is 8.12. The van der Waals surface area contributed by atoms with Gasteiger partial charge in [-0.1, -0.05) is 6.92 Å². The largest absolute Gasteiger partial charge is 0.394 e. The number of hydrogen-bond donors (Lipinski definition) is 3. The number of aliphatic hydroxyl groups is 1. The number of sulfonamides is 1. The van der Waals surface area contributed by atoms with Crippen molar-refractivity contribution in [3.05, 3.63) is 18.3 Å². The fraction of sp³-hybridized carbons (Fsp3) is 0.545. The van der Waals surface area contributed by atoms with Gasteiger partial charge >= 0.3 is 0 Å². The minimum absolute atomic E-state index is 0.0199. The Labute approximate surface area is 118 Å². The predicted octanol–water partition coefficient (Wildman–Crippen LogP) is -0.613. The third-order valence-electron chi connectivity index (χ3n) is 2.60. The number of nitrogens with one attached hydrogen (secondary N) is 1. The molecule has 8 nitrogen and oxygen atoms in total. The van der Waals surface area contributed by atoms with Crippen molar-refractivity contribution in [3.63, 3.8) is 0 Å². The van der Waals surface area contributed by atoms with Gasteiger partial charge in [0.15, 0.2) is 5.82 Å². The summed E-state index contributed by atoms with van der Waals surface area (Å²) < 4.78 is 31.3. The monoisotopic (exact) mass is 304 g/mol. The van der Waals surface area contributed by atoms with Crippen molar-refractivity contribution in [2.75, 3.05) is 38.3 Å². The predicted molar refractivity (Wildman–Crippen MR) is 74.4 cm³/mol.